The lowest BCUT2D eigenvalue weighted by Gasteiger charge is -2.34. The quantitative estimate of drug-likeness (QED) is 0.676. The van der Waals surface area contributed by atoms with Gasteiger partial charge in [-0.25, -0.2) is 19.2 Å². The van der Waals surface area contributed by atoms with Crippen molar-refractivity contribution >= 4 is 22.9 Å². The van der Waals surface area contributed by atoms with Gasteiger partial charge in [-0.2, -0.15) is 0 Å². The third kappa shape index (κ3) is 3.94. The van der Waals surface area contributed by atoms with Crippen LogP contribution in [0.1, 0.15) is 39.7 Å². The number of ether oxygens (including phenoxy) is 1. The number of fused-ring (bicyclic) bond motifs is 1. The van der Waals surface area contributed by atoms with Gasteiger partial charge in [0.15, 0.2) is 0 Å². The molecular weight excluding hydrogens is 385 g/mol. The second-order valence-electron chi connectivity index (χ2n) is 8.62. The Morgan fingerprint density at radius 3 is 2.63 bits per heavy atom. The Balaban J connectivity index is 1.63. The van der Waals surface area contributed by atoms with Gasteiger partial charge in [0.1, 0.15) is 29.2 Å². The van der Waals surface area contributed by atoms with Gasteiger partial charge in [-0.15, -0.1) is 0 Å². The Morgan fingerprint density at radius 1 is 1.23 bits per heavy atom. The third-order valence-corrected chi connectivity index (χ3v) is 5.28. The maximum absolute atomic E-state index is 13.8. The van der Waals surface area contributed by atoms with Crippen molar-refractivity contribution in [1.29, 1.82) is 0 Å². The van der Waals surface area contributed by atoms with E-state index in [1.165, 1.54) is 18.5 Å². The number of likely N-dealkylation sites (tertiary alicyclic amines) is 1. The summed E-state index contributed by atoms with van der Waals surface area (Å²) >= 11 is 0. The van der Waals surface area contributed by atoms with Crippen LogP contribution in [0.3, 0.4) is 0 Å². The van der Waals surface area contributed by atoms with Gasteiger partial charge in [-0.3, -0.25) is 0 Å². The first-order valence-corrected chi connectivity index (χ1v) is 10.1. The molecule has 1 amide bonds. The van der Waals surface area contributed by atoms with Gasteiger partial charge < -0.3 is 19.9 Å². The fourth-order valence-electron chi connectivity index (χ4n) is 3.91. The van der Waals surface area contributed by atoms with Crippen molar-refractivity contribution in [3.8, 4) is 11.1 Å². The Hall–Kier alpha value is -3.16. The number of piperidine rings is 1. The summed E-state index contributed by atoms with van der Waals surface area (Å²) in [5.74, 6) is 0.0543. The Bertz CT molecular complexity index is 1080. The summed E-state index contributed by atoms with van der Waals surface area (Å²) in [5.41, 5.74) is 7.90. The van der Waals surface area contributed by atoms with E-state index in [-0.39, 0.29) is 18.0 Å². The monoisotopic (exact) mass is 411 g/mol. The maximum atomic E-state index is 13.8. The number of carbonyl (C=O) groups excluding carboxylic acids is 1. The number of halogens is 1. The average Bonchev–Trinajstić information content (AvgIpc) is 3.08. The highest BCUT2D eigenvalue weighted by Crippen LogP contribution is 2.36. The topological polar surface area (TPSA) is 86.3 Å². The summed E-state index contributed by atoms with van der Waals surface area (Å²) in [7, 11) is 0. The highest BCUT2D eigenvalue weighted by atomic mass is 19.1. The molecule has 0 aliphatic carbocycles. The first kappa shape index (κ1) is 20.1. The van der Waals surface area contributed by atoms with Crippen LogP contribution in [-0.2, 0) is 4.74 Å². The number of rotatable bonds is 2. The van der Waals surface area contributed by atoms with Crippen molar-refractivity contribution in [1.82, 2.24) is 19.4 Å². The normalized spacial score (nSPS) is 15.5. The molecule has 0 unspecified atom stereocenters. The number of nitrogens with two attached hydrogens (primary N) is 1. The van der Waals surface area contributed by atoms with Crippen LogP contribution in [0.15, 0.2) is 36.8 Å². The van der Waals surface area contributed by atoms with E-state index in [0.717, 1.165) is 35.0 Å². The number of nitrogen functional groups attached to an aromatic ring is 1. The predicted octanol–water partition coefficient (Wildman–Crippen LogP) is 4.39. The number of anilines is 1. The van der Waals surface area contributed by atoms with Crippen LogP contribution in [-0.4, -0.2) is 44.2 Å². The molecule has 2 aromatic heterocycles. The van der Waals surface area contributed by atoms with E-state index in [9.17, 15) is 9.18 Å². The van der Waals surface area contributed by atoms with Gasteiger partial charge in [-0.1, -0.05) is 12.1 Å². The molecule has 158 valence electrons. The number of amides is 1. The number of hydrogen-bond acceptors (Lipinski definition) is 5. The summed E-state index contributed by atoms with van der Waals surface area (Å²) in [6.07, 6.45) is 4.65. The van der Waals surface area contributed by atoms with Crippen LogP contribution in [0.5, 0.6) is 0 Å². The molecule has 0 radical (unpaired) electrons. The van der Waals surface area contributed by atoms with Gasteiger partial charge in [0.05, 0.1) is 5.39 Å². The number of aromatic nitrogens is 3. The van der Waals surface area contributed by atoms with E-state index in [1.54, 1.807) is 11.0 Å². The van der Waals surface area contributed by atoms with Gasteiger partial charge in [0, 0.05) is 30.9 Å². The largest absolute Gasteiger partial charge is 0.444 e. The van der Waals surface area contributed by atoms with Gasteiger partial charge in [0.25, 0.3) is 0 Å². The second kappa shape index (κ2) is 7.59. The average molecular weight is 411 g/mol. The smallest absolute Gasteiger partial charge is 0.410 e. The molecule has 3 heterocycles. The van der Waals surface area contributed by atoms with Crippen LogP contribution in [0, 0.1) is 5.82 Å². The van der Waals surface area contributed by atoms with E-state index in [2.05, 4.69) is 14.5 Å². The van der Waals surface area contributed by atoms with Crippen molar-refractivity contribution in [2.24, 2.45) is 0 Å². The molecular formula is C22H26FN5O2. The standard InChI is InChI=1S/C22H26FN5O2/c1-22(2,3)30-21(29)27-9-7-16(8-10-27)28-12-17(14-5-4-6-15(23)11-14)18-19(24)25-13-26-20(18)28/h4-6,11-13,16H,7-10H2,1-3H3,(H2,24,25,26). The van der Waals surface area contributed by atoms with Crippen LogP contribution in [0.25, 0.3) is 22.2 Å². The minimum atomic E-state index is -0.515. The van der Waals surface area contributed by atoms with E-state index < -0.39 is 5.60 Å². The van der Waals surface area contributed by atoms with Crippen molar-refractivity contribution < 1.29 is 13.9 Å². The lowest BCUT2D eigenvalue weighted by molar-refractivity contribution is 0.0189. The Kier molecular flexibility index (Phi) is 5.09. The fourth-order valence-corrected chi connectivity index (χ4v) is 3.91. The molecule has 1 aliphatic heterocycles. The number of hydrogen-bond donors (Lipinski definition) is 1. The molecule has 7 nitrogen and oxygen atoms in total. The molecule has 1 aromatic carbocycles. The van der Waals surface area contributed by atoms with E-state index >= 15 is 0 Å². The van der Waals surface area contributed by atoms with Crippen molar-refractivity contribution in [2.75, 3.05) is 18.8 Å². The summed E-state index contributed by atoms with van der Waals surface area (Å²) in [6.45, 7) is 6.77. The maximum Gasteiger partial charge on any atom is 0.410 e. The van der Waals surface area contributed by atoms with Crippen LogP contribution in [0.2, 0.25) is 0 Å². The zero-order valence-electron chi connectivity index (χ0n) is 17.4. The molecule has 0 saturated carbocycles. The highest BCUT2D eigenvalue weighted by Gasteiger charge is 2.29. The number of nitrogens with zero attached hydrogens (tertiary/aromatic N) is 4. The zero-order chi connectivity index (χ0) is 21.5. The summed E-state index contributed by atoms with van der Waals surface area (Å²) < 4.78 is 21.4. The van der Waals surface area contributed by atoms with Crippen LogP contribution < -0.4 is 5.73 Å². The number of carbonyl (C=O) groups is 1. The molecule has 1 fully saturated rings. The molecule has 4 rings (SSSR count). The first-order chi connectivity index (χ1) is 14.2. The van der Waals surface area contributed by atoms with E-state index in [4.69, 9.17) is 10.5 Å². The van der Waals surface area contributed by atoms with Crippen molar-refractivity contribution in [2.45, 2.75) is 45.3 Å². The second-order valence-corrected chi connectivity index (χ2v) is 8.62. The summed E-state index contributed by atoms with van der Waals surface area (Å²) in [6, 6.07) is 6.56. The minimum Gasteiger partial charge on any atom is -0.444 e. The molecule has 30 heavy (non-hydrogen) atoms. The molecule has 1 aliphatic rings. The molecule has 1 saturated heterocycles. The van der Waals surface area contributed by atoms with E-state index in [0.29, 0.717) is 18.9 Å². The van der Waals surface area contributed by atoms with Gasteiger partial charge in [0.2, 0.25) is 0 Å². The molecule has 2 N–H and O–H groups in total. The van der Waals surface area contributed by atoms with Crippen molar-refractivity contribution in [3.63, 3.8) is 0 Å². The molecule has 0 bridgehead atoms. The molecule has 8 heteroatoms. The summed E-state index contributed by atoms with van der Waals surface area (Å²) in [5, 5.41) is 0.720. The van der Waals surface area contributed by atoms with Crippen molar-refractivity contribution in [3.05, 3.63) is 42.6 Å². The van der Waals surface area contributed by atoms with E-state index in [1.807, 2.05) is 33.0 Å². The molecule has 0 spiro atoms. The lowest BCUT2D eigenvalue weighted by Crippen LogP contribution is -2.42. The Labute approximate surface area is 174 Å². The number of benzene rings is 1. The first-order valence-electron chi connectivity index (χ1n) is 10.1. The SMILES string of the molecule is CC(C)(C)OC(=O)N1CCC(n2cc(-c3cccc(F)c3)c3c(N)ncnc32)CC1. The summed E-state index contributed by atoms with van der Waals surface area (Å²) in [4.78, 5) is 22.7. The molecule has 0 atom stereocenters. The minimum absolute atomic E-state index is 0.141. The highest BCUT2D eigenvalue weighted by molar-refractivity contribution is 6.00. The fraction of sp³-hybridized carbons (Fsp3) is 0.409. The predicted molar refractivity (Wildman–Crippen MR) is 113 cm³/mol. The zero-order valence-corrected chi connectivity index (χ0v) is 17.4. The van der Waals surface area contributed by atoms with Crippen LogP contribution >= 0.6 is 0 Å². The molecule has 3 aromatic rings. The van der Waals surface area contributed by atoms with Gasteiger partial charge in [-0.05, 0) is 51.3 Å². The van der Waals surface area contributed by atoms with Gasteiger partial charge >= 0.3 is 6.09 Å². The Morgan fingerprint density at radius 2 is 1.97 bits per heavy atom. The lowest BCUT2D eigenvalue weighted by atomic mass is 10.1. The van der Waals surface area contributed by atoms with Crippen LogP contribution in [0.4, 0.5) is 15.0 Å². The third-order valence-electron chi connectivity index (χ3n) is 5.28.